The first-order valence-electron chi connectivity index (χ1n) is 23.2. The first-order chi connectivity index (χ1) is 30.7. The lowest BCUT2D eigenvalue weighted by molar-refractivity contribution is -0.438. The van der Waals surface area contributed by atoms with Crippen LogP contribution < -0.4 is 4.90 Å². The Morgan fingerprint density at radius 2 is 1.23 bits per heavy atom. The molecule has 4 aromatic rings. The molecule has 4 aromatic carbocycles. The molecule has 9 nitrogen and oxygen atoms in total. The number of allylic oxidation sites excluding steroid dienone is 6. The maximum Gasteiger partial charge on any atom is 0.335 e. The van der Waals surface area contributed by atoms with Crippen LogP contribution in [0.3, 0.4) is 0 Å². The van der Waals surface area contributed by atoms with E-state index in [-0.39, 0.29) is 22.5 Å². The van der Waals surface area contributed by atoms with Gasteiger partial charge in [-0.05, 0) is 96.3 Å². The number of rotatable bonds is 18. The highest BCUT2D eigenvalue weighted by atomic mass is 16.4. The lowest BCUT2D eigenvalue weighted by Gasteiger charge is -2.31. The largest absolute Gasteiger partial charge is 0.507 e. The van der Waals surface area contributed by atoms with Crippen molar-refractivity contribution in [1.29, 1.82) is 10.5 Å². The Morgan fingerprint density at radius 3 is 1.81 bits per heavy atom. The number of hydrogen-bond acceptors (Lipinski definition) is 6. The third-order valence-electron chi connectivity index (χ3n) is 13.7. The molecule has 7 rings (SSSR count). The van der Waals surface area contributed by atoms with Gasteiger partial charge in [0.15, 0.2) is 5.71 Å². The fourth-order valence-corrected chi connectivity index (χ4v) is 10.4. The second-order valence-corrected chi connectivity index (χ2v) is 18.7. The summed E-state index contributed by atoms with van der Waals surface area (Å²) < 4.78 is 2.31. The van der Waals surface area contributed by atoms with Gasteiger partial charge in [0.2, 0.25) is 5.69 Å². The number of unbranched alkanes of at least 4 members (excludes halogenated alkanes) is 10. The van der Waals surface area contributed by atoms with Gasteiger partial charge in [-0.1, -0.05) is 104 Å². The predicted molar refractivity (Wildman–Crippen MR) is 256 cm³/mol. The third kappa shape index (κ3) is 8.25. The quantitative estimate of drug-likeness (QED) is 0.0509. The molecule has 0 amide bonds. The van der Waals surface area contributed by atoms with Crippen LogP contribution >= 0.6 is 0 Å². The first kappa shape index (κ1) is 45.6. The number of carboxylic acids is 2. The van der Waals surface area contributed by atoms with Crippen LogP contribution in [0, 0.1) is 22.7 Å². The molecule has 0 spiro atoms. The predicted octanol–water partition coefficient (Wildman–Crippen LogP) is 13.3. The number of hydrogen-bond donors (Lipinski definition) is 3. The Labute approximate surface area is 377 Å². The van der Waals surface area contributed by atoms with Crippen molar-refractivity contribution in [2.24, 2.45) is 0 Å². The summed E-state index contributed by atoms with van der Waals surface area (Å²) >= 11 is 0. The number of aliphatic hydroxyl groups excluding tert-OH is 1. The van der Waals surface area contributed by atoms with Gasteiger partial charge in [-0.2, -0.15) is 15.1 Å². The minimum atomic E-state index is -0.982. The van der Waals surface area contributed by atoms with Crippen molar-refractivity contribution in [3.05, 3.63) is 129 Å². The van der Waals surface area contributed by atoms with E-state index >= 15 is 0 Å². The maximum absolute atomic E-state index is 12.3. The molecule has 0 saturated carbocycles. The minimum Gasteiger partial charge on any atom is -0.507 e. The van der Waals surface area contributed by atoms with Crippen molar-refractivity contribution in [2.45, 2.75) is 129 Å². The van der Waals surface area contributed by atoms with Crippen molar-refractivity contribution >= 4 is 50.6 Å². The van der Waals surface area contributed by atoms with E-state index in [1.54, 1.807) is 24.3 Å². The third-order valence-corrected chi connectivity index (χ3v) is 13.7. The zero-order valence-corrected chi connectivity index (χ0v) is 38.3. The van der Waals surface area contributed by atoms with Gasteiger partial charge in [-0.3, -0.25) is 0 Å². The highest BCUT2D eigenvalue weighted by molar-refractivity contribution is 6.10. The van der Waals surface area contributed by atoms with Crippen LogP contribution in [-0.2, 0) is 10.8 Å². The molecule has 9 heteroatoms. The molecule has 0 saturated heterocycles. The fourth-order valence-electron chi connectivity index (χ4n) is 10.4. The summed E-state index contributed by atoms with van der Waals surface area (Å²) in [6, 6.07) is 22.9. The normalized spacial score (nSPS) is 17.2. The summed E-state index contributed by atoms with van der Waals surface area (Å²) in [6.07, 6.45) is 17.4. The molecule has 0 radical (unpaired) electrons. The zero-order valence-electron chi connectivity index (χ0n) is 38.3. The average molecular weight is 858 g/mol. The van der Waals surface area contributed by atoms with Gasteiger partial charge in [-0.15, -0.1) is 0 Å². The van der Waals surface area contributed by atoms with Gasteiger partial charge in [0.05, 0.1) is 16.5 Å². The number of carbonyl (C=O) groups is 2. The van der Waals surface area contributed by atoms with E-state index in [1.165, 1.54) is 38.5 Å². The standard InChI is InChI=1S/C55H60N4O5/c1-7-9-11-13-15-17-27-58-44-25-21-35-29-37(52(61)62)19-23-40(35)49(44)54(3,4)46(58)31-42-48(39(33-56)34-57)43(51(42)60)32-47-55(5,6)50-41-24-20-38(53(63)64)30-36(41)22-26-45(50)59(47)28-18-16-14-12-10-8-2/h19-26,29-32H,7-18,27-28H2,1-6H3,(H2-,60,61,62,63,64)/p+1. The SMILES string of the molecule is CCCCCCCCN1/C(=C/C2=C(O)C(=C\C3=[N+](CCCCCCCC)c4ccc5cc(C(=O)O)ccc5c4C3(C)C)/C2=C(C#N)C#N)C(C)(C)c2c1ccc1cc(C(=O)O)ccc21. The smallest absolute Gasteiger partial charge is 0.335 e. The Balaban J connectivity index is 1.37. The summed E-state index contributed by atoms with van der Waals surface area (Å²) in [5.41, 5.74) is 6.48. The second-order valence-electron chi connectivity index (χ2n) is 18.7. The van der Waals surface area contributed by atoms with E-state index in [2.05, 4.69) is 75.3 Å². The topological polar surface area (TPSA) is 149 Å². The van der Waals surface area contributed by atoms with E-state index in [4.69, 9.17) is 0 Å². The maximum atomic E-state index is 12.3. The van der Waals surface area contributed by atoms with Gasteiger partial charge in [0, 0.05) is 64.2 Å². The first-order valence-corrected chi connectivity index (χ1v) is 23.2. The molecule has 1 aliphatic carbocycles. The Morgan fingerprint density at radius 1 is 0.688 bits per heavy atom. The number of fused-ring (bicyclic) bond motifs is 6. The van der Waals surface area contributed by atoms with Gasteiger partial charge < -0.3 is 20.2 Å². The molecule has 0 atom stereocenters. The fraction of sp³-hybridized carbons (Fsp3) is 0.400. The highest BCUT2D eigenvalue weighted by Gasteiger charge is 2.48. The van der Waals surface area contributed by atoms with Crippen molar-refractivity contribution in [3.63, 3.8) is 0 Å². The Hall–Kier alpha value is -6.45. The lowest BCUT2D eigenvalue weighted by Crippen LogP contribution is -2.30. The molecule has 3 N–H and O–H groups in total. The molecule has 2 aliphatic heterocycles. The number of nitrogens with zero attached hydrogens (tertiary/aromatic N) is 4. The van der Waals surface area contributed by atoms with Crippen LogP contribution in [0.4, 0.5) is 11.4 Å². The molecular weight excluding hydrogens is 797 g/mol. The molecule has 2 heterocycles. The second kappa shape index (κ2) is 18.7. The number of aliphatic hydroxyl groups is 1. The van der Waals surface area contributed by atoms with Gasteiger partial charge in [0.1, 0.15) is 30.0 Å². The number of aromatic carboxylic acids is 2. The summed E-state index contributed by atoms with van der Waals surface area (Å²) in [5.74, 6) is -1.95. The molecule has 0 bridgehead atoms. The molecule has 64 heavy (non-hydrogen) atoms. The molecular formula is C55H61N4O5+. The summed E-state index contributed by atoms with van der Waals surface area (Å²) in [4.78, 5) is 26.2. The van der Waals surface area contributed by atoms with E-state index in [9.17, 15) is 35.4 Å². The average Bonchev–Trinajstić information content (AvgIpc) is 3.63. The zero-order chi connectivity index (χ0) is 45.9. The van der Waals surface area contributed by atoms with E-state index in [0.717, 1.165) is 107 Å². The lowest BCUT2D eigenvalue weighted by atomic mass is 9.74. The molecule has 330 valence electrons. The van der Waals surface area contributed by atoms with Crippen LogP contribution in [0.5, 0.6) is 0 Å². The van der Waals surface area contributed by atoms with Crippen molar-refractivity contribution in [2.75, 3.05) is 18.0 Å². The number of nitriles is 2. The number of carboxylic acid groups (broad SMARTS) is 2. The van der Waals surface area contributed by atoms with Gasteiger partial charge in [0.25, 0.3) is 0 Å². The van der Waals surface area contributed by atoms with E-state index in [1.807, 2.05) is 36.4 Å². The Bertz CT molecular complexity index is 2790. The molecule has 0 aromatic heterocycles. The van der Waals surface area contributed by atoms with Crippen LogP contribution in [-0.4, -0.2) is 50.6 Å². The van der Waals surface area contributed by atoms with Gasteiger partial charge >= 0.3 is 11.9 Å². The van der Waals surface area contributed by atoms with Crippen molar-refractivity contribution in [1.82, 2.24) is 0 Å². The van der Waals surface area contributed by atoms with Crippen LogP contribution in [0.2, 0.25) is 0 Å². The van der Waals surface area contributed by atoms with E-state index in [0.29, 0.717) is 16.7 Å². The van der Waals surface area contributed by atoms with Gasteiger partial charge in [-0.25, -0.2) is 9.59 Å². The monoisotopic (exact) mass is 857 g/mol. The van der Waals surface area contributed by atoms with Crippen molar-refractivity contribution < 1.29 is 29.5 Å². The van der Waals surface area contributed by atoms with Crippen LogP contribution in [0.15, 0.2) is 107 Å². The van der Waals surface area contributed by atoms with Crippen LogP contribution in [0.1, 0.15) is 150 Å². The molecule has 0 unspecified atom stereocenters. The Kier molecular flexibility index (Phi) is 13.3. The number of anilines is 1. The summed E-state index contributed by atoms with van der Waals surface area (Å²) in [5, 5.41) is 56.4. The van der Waals surface area contributed by atoms with Crippen LogP contribution in [0.25, 0.3) is 21.5 Å². The minimum absolute atomic E-state index is 0.0162. The van der Waals surface area contributed by atoms with E-state index < -0.39 is 22.8 Å². The summed E-state index contributed by atoms with van der Waals surface area (Å²) in [6.45, 7) is 14.5. The molecule has 3 aliphatic rings. The van der Waals surface area contributed by atoms with Crippen molar-refractivity contribution in [3.8, 4) is 12.1 Å². The molecule has 0 fully saturated rings. The number of benzene rings is 4. The summed E-state index contributed by atoms with van der Waals surface area (Å²) in [7, 11) is 0. The highest BCUT2D eigenvalue weighted by Crippen LogP contribution is 2.54.